The first-order valence-corrected chi connectivity index (χ1v) is 8.37. The molecule has 7 heteroatoms. The smallest absolute Gasteiger partial charge is 0.325 e. The summed E-state index contributed by atoms with van der Waals surface area (Å²) in [4.78, 5) is 13.4. The molecule has 0 aromatic heterocycles. The standard InChI is InChI=1S/C13H16ClNO4S/c1-13(2)8-15(7-12(16)19-3)11-5-4-9(6-10(11)13)20(14,17)18/h4-6H,7-8H2,1-3H3. The monoisotopic (exact) mass is 317 g/mol. The molecular weight excluding hydrogens is 302 g/mol. The average Bonchev–Trinajstić information content (AvgIpc) is 2.59. The van der Waals surface area contributed by atoms with Crippen molar-refractivity contribution >= 4 is 31.4 Å². The van der Waals surface area contributed by atoms with E-state index in [-0.39, 0.29) is 22.8 Å². The van der Waals surface area contributed by atoms with Gasteiger partial charge >= 0.3 is 5.97 Å². The molecule has 0 saturated heterocycles. The third kappa shape index (κ3) is 2.76. The van der Waals surface area contributed by atoms with E-state index in [1.807, 2.05) is 18.7 Å². The molecule has 110 valence electrons. The van der Waals surface area contributed by atoms with Crippen LogP contribution in [-0.4, -0.2) is 34.6 Å². The molecule has 20 heavy (non-hydrogen) atoms. The molecule has 0 fully saturated rings. The van der Waals surface area contributed by atoms with Crippen LogP contribution < -0.4 is 4.90 Å². The van der Waals surface area contributed by atoms with Gasteiger partial charge in [0.1, 0.15) is 6.54 Å². The van der Waals surface area contributed by atoms with Crippen molar-refractivity contribution in [2.75, 3.05) is 25.1 Å². The van der Waals surface area contributed by atoms with Gasteiger partial charge in [-0.1, -0.05) is 13.8 Å². The van der Waals surface area contributed by atoms with Crippen molar-refractivity contribution in [2.45, 2.75) is 24.2 Å². The highest BCUT2D eigenvalue weighted by atomic mass is 35.7. The number of anilines is 1. The molecule has 2 rings (SSSR count). The molecule has 0 radical (unpaired) electrons. The zero-order chi connectivity index (χ0) is 15.1. The first-order valence-electron chi connectivity index (χ1n) is 6.06. The number of hydrogen-bond donors (Lipinski definition) is 0. The minimum absolute atomic E-state index is 0.0749. The van der Waals surface area contributed by atoms with Crippen molar-refractivity contribution in [3.63, 3.8) is 0 Å². The lowest BCUT2D eigenvalue weighted by Crippen LogP contribution is -2.33. The van der Waals surface area contributed by atoms with Crippen LogP contribution in [0.25, 0.3) is 0 Å². The third-order valence-corrected chi connectivity index (χ3v) is 4.80. The van der Waals surface area contributed by atoms with Crippen molar-refractivity contribution in [1.82, 2.24) is 0 Å². The topological polar surface area (TPSA) is 63.7 Å². The lowest BCUT2D eigenvalue weighted by molar-refractivity contribution is -0.138. The quantitative estimate of drug-likeness (QED) is 0.629. The number of hydrogen-bond acceptors (Lipinski definition) is 5. The zero-order valence-electron chi connectivity index (χ0n) is 11.5. The molecule has 5 nitrogen and oxygen atoms in total. The van der Waals surface area contributed by atoms with E-state index < -0.39 is 9.05 Å². The molecule has 0 unspecified atom stereocenters. The number of carbonyl (C=O) groups excluding carboxylic acids is 1. The van der Waals surface area contributed by atoms with Gasteiger partial charge in [0.15, 0.2) is 0 Å². The van der Waals surface area contributed by atoms with Gasteiger partial charge in [-0.2, -0.15) is 0 Å². The van der Waals surface area contributed by atoms with E-state index in [0.717, 1.165) is 11.3 Å². The van der Waals surface area contributed by atoms with Crippen LogP contribution in [0.5, 0.6) is 0 Å². The normalized spacial score (nSPS) is 16.9. The molecule has 1 heterocycles. The fourth-order valence-electron chi connectivity index (χ4n) is 2.49. The van der Waals surface area contributed by atoms with Crippen LogP contribution in [-0.2, 0) is 24.0 Å². The summed E-state index contributed by atoms with van der Waals surface area (Å²) >= 11 is 0. The number of ether oxygens (including phenoxy) is 1. The Morgan fingerprint density at radius 2 is 2.10 bits per heavy atom. The second kappa shape index (κ2) is 4.93. The van der Waals surface area contributed by atoms with Crippen molar-refractivity contribution in [3.05, 3.63) is 23.8 Å². The van der Waals surface area contributed by atoms with Gasteiger partial charge in [-0.3, -0.25) is 4.79 Å². The van der Waals surface area contributed by atoms with Gasteiger partial charge in [0, 0.05) is 28.3 Å². The number of benzene rings is 1. The molecular formula is C13H16ClNO4S. The molecule has 1 aliphatic rings. The Bertz CT molecular complexity index is 654. The van der Waals surface area contributed by atoms with E-state index in [1.165, 1.54) is 13.2 Å². The van der Waals surface area contributed by atoms with Crippen LogP contribution in [0.2, 0.25) is 0 Å². The summed E-state index contributed by atoms with van der Waals surface area (Å²) in [5, 5.41) is 0. The van der Waals surface area contributed by atoms with Crippen molar-refractivity contribution in [1.29, 1.82) is 0 Å². The summed E-state index contributed by atoms with van der Waals surface area (Å²) in [6.45, 7) is 4.74. The fraction of sp³-hybridized carbons (Fsp3) is 0.462. The maximum Gasteiger partial charge on any atom is 0.325 e. The van der Waals surface area contributed by atoms with E-state index in [1.54, 1.807) is 12.1 Å². The average molecular weight is 318 g/mol. The Morgan fingerprint density at radius 1 is 1.45 bits per heavy atom. The number of halogens is 1. The minimum Gasteiger partial charge on any atom is -0.468 e. The predicted octanol–water partition coefficient (Wildman–Crippen LogP) is 1.88. The Morgan fingerprint density at radius 3 is 2.65 bits per heavy atom. The van der Waals surface area contributed by atoms with E-state index in [0.29, 0.717) is 6.54 Å². The SMILES string of the molecule is COC(=O)CN1CC(C)(C)c2cc(S(=O)(=O)Cl)ccc21. The van der Waals surface area contributed by atoms with Gasteiger partial charge in [0.2, 0.25) is 0 Å². The van der Waals surface area contributed by atoms with E-state index in [4.69, 9.17) is 10.7 Å². The number of esters is 1. The molecule has 0 aliphatic carbocycles. The van der Waals surface area contributed by atoms with E-state index in [2.05, 4.69) is 4.74 Å². The molecule has 0 spiro atoms. The molecule has 1 aromatic carbocycles. The van der Waals surface area contributed by atoms with Gasteiger partial charge in [-0.15, -0.1) is 0 Å². The second-order valence-electron chi connectivity index (χ2n) is 5.43. The van der Waals surface area contributed by atoms with Gasteiger partial charge < -0.3 is 9.64 Å². The van der Waals surface area contributed by atoms with Crippen LogP contribution in [0, 0.1) is 0 Å². The Labute approximate surface area is 122 Å². The number of nitrogens with zero attached hydrogens (tertiary/aromatic N) is 1. The van der Waals surface area contributed by atoms with Gasteiger partial charge in [0.05, 0.1) is 12.0 Å². The first-order chi connectivity index (χ1) is 9.15. The maximum absolute atomic E-state index is 11.4. The van der Waals surface area contributed by atoms with Crippen LogP contribution in [0.15, 0.2) is 23.1 Å². The molecule has 0 amide bonds. The molecule has 0 atom stereocenters. The largest absolute Gasteiger partial charge is 0.468 e. The van der Waals surface area contributed by atoms with Crippen LogP contribution in [0.4, 0.5) is 5.69 Å². The maximum atomic E-state index is 11.4. The van der Waals surface area contributed by atoms with Gasteiger partial charge in [-0.05, 0) is 23.8 Å². The van der Waals surface area contributed by atoms with E-state index >= 15 is 0 Å². The van der Waals surface area contributed by atoms with Crippen LogP contribution >= 0.6 is 10.7 Å². The minimum atomic E-state index is -3.76. The summed E-state index contributed by atoms with van der Waals surface area (Å²) < 4.78 is 27.5. The summed E-state index contributed by atoms with van der Waals surface area (Å²) in [6, 6.07) is 4.71. The van der Waals surface area contributed by atoms with Crippen molar-refractivity contribution in [2.24, 2.45) is 0 Å². The van der Waals surface area contributed by atoms with Gasteiger partial charge in [-0.25, -0.2) is 8.42 Å². The lowest BCUT2D eigenvalue weighted by atomic mass is 9.87. The number of fused-ring (bicyclic) bond motifs is 1. The summed E-state index contributed by atoms with van der Waals surface area (Å²) in [5.41, 5.74) is 1.44. The van der Waals surface area contributed by atoms with Crippen molar-refractivity contribution < 1.29 is 17.9 Å². The second-order valence-corrected chi connectivity index (χ2v) is 8.00. The highest BCUT2D eigenvalue weighted by molar-refractivity contribution is 8.13. The summed E-state index contributed by atoms with van der Waals surface area (Å²) in [6.07, 6.45) is 0. The Hall–Kier alpha value is -1.27. The summed E-state index contributed by atoms with van der Waals surface area (Å²) in [7, 11) is 2.96. The zero-order valence-corrected chi connectivity index (χ0v) is 13.1. The molecule has 1 aromatic rings. The molecule has 0 N–H and O–H groups in total. The summed E-state index contributed by atoms with van der Waals surface area (Å²) in [5.74, 6) is -0.331. The van der Waals surface area contributed by atoms with Crippen molar-refractivity contribution in [3.8, 4) is 0 Å². The molecule has 1 aliphatic heterocycles. The van der Waals surface area contributed by atoms with Crippen LogP contribution in [0.3, 0.4) is 0 Å². The predicted molar refractivity (Wildman–Crippen MR) is 76.7 cm³/mol. The Kier molecular flexibility index (Phi) is 3.73. The number of rotatable bonds is 3. The first kappa shape index (κ1) is 15.1. The fourth-order valence-corrected chi connectivity index (χ4v) is 3.27. The van der Waals surface area contributed by atoms with Gasteiger partial charge in [0.25, 0.3) is 9.05 Å². The molecule has 0 saturated carbocycles. The number of carbonyl (C=O) groups is 1. The number of methoxy groups -OCH3 is 1. The van der Waals surface area contributed by atoms with Crippen LogP contribution in [0.1, 0.15) is 19.4 Å². The highest BCUT2D eigenvalue weighted by Gasteiger charge is 2.36. The Balaban J connectivity index is 2.46. The third-order valence-electron chi connectivity index (χ3n) is 3.45. The van der Waals surface area contributed by atoms with E-state index in [9.17, 15) is 13.2 Å². The molecule has 0 bridgehead atoms. The highest BCUT2D eigenvalue weighted by Crippen LogP contribution is 2.41. The lowest BCUT2D eigenvalue weighted by Gasteiger charge is -2.21.